The maximum Gasteiger partial charge on any atom is 0.339 e. The Labute approximate surface area is 114 Å². The fraction of sp³-hybridized carbons (Fsp3) is 0.0714. The van der Waals surface area contributed by atoms with Crippen molar-refractivity contribution >= 4 is 17.6 Å². The molecule has 102 valence electrons. The third-order valence-electron chi connectivity index (χ3n) is 2.63. The molecule has 0 saturated carbocycles. The minimum absolute atomic E-state index is 0.171. The molecule has 0 fully saturated rings. The molecule has 1 heterocycles. The molecule has 0 radical (unpaired) electrons. The smallest absolute Gasteiger partial charge is 0.339 e. The molecular formula is C14H12N2O4. The number of aromatic hydroxyl groups is 1. The molecule has 0 saturated heterocycles. The standard InChI is InChI=1S/C14H12N2O4/c17-12-8-10(1-2-11(12)14(19)20)16-13(18)7-9-3-5-15-6-4-9/h1-6,8,17H,7H2,(H,16,18)(H,19,20). The lowest BCUT2D eigenvalue weighted by Crippen LogP contribution is -2.14. The second-order valence-corrected chi connectivity index (χ2v) is 4.12. The molecule has 1 aromatic heterocycles. The van der Waals surface area contributed by atoms with Crippen LogP contribution in [0, 0.1) is 0 Å². The Kier molecular flexibility index (Phi) is 3.95. The van der Waals surface area contributed by atoms with Crippen molar-refractivity contribution in [3.05, 3.63) is 53.9 Å². The van der Waals surface area contributed by atoms with Crippen LogP contribution in [0.3, 0.4) is 0 Å². The number of hydrogen-bond donors (Lipinski definition) is 3. The van der Waals surface area contributed by atoms with Crippen molar-refractivity contribution in [3.63, 3.8) is 0 Å². The van der Waals surface area contributed by atoms with Crippen molar-refractivity contribution < 1.29 is 19.8 Å². The molecule has 2 rings (SSSR count). The molecule has 0 spiro atoms. The number of phenols is 1. The summed E-state index contributed by atoms with van der Waals surface area (Å²) in [4.78, 5) is 26.4. The number of aromatic carboxylic acids is 1. The van der Waals surface area contributed by atoms with Gasteiger partial charge in [0.05, 0.1) is 6.42 Å². The highest BCUT2D eigenvalue weighted by Crippen LogP contribution is 2.22. The zero-order chi connectivity index (χ0) is 14.5. The first-order valence-corrected chi connectivity index (χ1v) is 5.81. The summed E-state index contributed by atoms with van der Waals surface area (Å²) in [5.74, 6) is -1.88. The van der Waals surface area contributed by atoms with Gasteiger partial charge < -0.3 is 15.5 Å². The third kappa shape index (κ3) is 3.32. The quantitative estimate of drug-likeness (QED) is 0.786. The number of carbonyl (C=O) groups is 2. The van der Waals surface area contributed by atoms with Crippen molar-refractivity contribution in [1.82, 2.24) is 4.98 Å². The summed E-state index contributed by atoms with van der Waals surface area (Å²) in [6.07, 6.45) is 3.36. The van der Waals surface area contributed by atoms with Crippen LogP contribution in [0.1, 0.15) is 15.9 Å². The lowest BCUT2D eigenvalue weighted by Gasteiger charge is -2.07. The van der Waals surface area contributed by atoms with Crippen LogP contribution in [-0.2, 0) is 11.2 Å². The minimum atomic E-state index is -1.22. The first-order valence-electron chi connectivity index (χ1n) is 5.81. The molecule has 6 heteroatoms. The van der Waals surface area contributed by atoms with E-state index in [-0.39, 0.29) is 23.6 Å². The lowest BCUT2D eigenvalue weighted by atomic mass is 10.1. The van der Waals surface area contributed by atoms with Crippen LogP contribution in [0.25, 0.3) is 0 Å². The highest BCUT2D eigenvalue weighted by Gasteiger charge is 2.11. The molecule has 3 N–H and O–H groups in total. The fourth-order valence-corrected chi connectivity index (χ4v) is 1.68. The van der Waals surface area contributed by atoms with Gasteiger partial charge in [-0.2, -0.15) is 0 Å². The number of aromatic nitrogens is 1. The normalized spacial score (nSPS) is 10.0. The SMILES string of the molecule is O=C(Cc1ccncc1)Nc1ccc(C(=O)O)c(O)c1. The Balaban J connectivity index is 2.05. The lowest BCUT2D eigenvalue weighted by molar-refractivity contribution is -0.115. The van der Waals surface area contributed by atoms with Gasteiger partial charge in [0, 0.05) is 24.1 Å². The van der Waals surface area contributed by atoms with Crippen LogP contribution in [0.2, 0.25) is 0 Å². The van der Waals surface area contributed by atoms with Gasteiger partial charge in [0.15, 0.2) is 0 Å². The molecule has 0 atom stereocenters. The van der Waals surface area contributed by atoms with Crippen molar-refractivity contribution in [3.8, 4) is 5.75 Å². The highest BCUT2D eigenvalue weighted by molar-refractivity contribution is 5.95. The molecule has 2 aromatic rings. The molecule has 1 aromatic carbocycles. The zero-order valence-corrected chi connectivity index (χ0v) is 10.4. The summed E-state index contributed by atoms with van der Waals surface area (Å²) in [6, 6.07) is 7.32. The van der Waals surface area contributed by atoms with Crippen LogP contribution < -0.4 is 5.32 Å². The predicted octanol–water partition coefficient (Wildman–Crippen LogP) is 1.67. The Morgan fingerprint density at radius 3 is 2.45 bits per heavy atom. The van der Waals surface area contributed by atoms with E-state index in [1.165, 1.54) is 18.2 Å². The van der Waals surface area contributed by atoms with Crippen LogP contribution in [0.15, 0.2) is 42.7 Å². The van der Waals surface area contributed by atoms with E-state index in [1.54, 1.807) is 24.5 Å². The Morgan fingerprint density at radius 2 is 1.85 bits per heavy atom. The second kappa shape index (κ2) is 5.83. The zero-order valence-electron chi connectivity index (χ0n) is 10.4. The Bertz CT molecular complexity index is 641. The number of carbonyl (C=O) groups excluding carboxylic acids is 1. The van der Waals surface area contributed by atoms with E-state index in [9.17, 15) is 14.7 Å². The molecule has 0 aliphatic heterocycles. The number of nitrogens with one attached hydrogen (secondary N) is 1. The molecule has 0 aliphatic carbocycles. The van der Waals surface area contributed by atoms with Crippen LogP contribution >= 0.6 is 0 Å². The summed E-state index contributed by atoms with van der Waals surface area (Å²) in [7, 11) is 0. The van der Waals surface area contributed by atoms with Crippen molar-refractivity contribution in [1.29, 1.82) is 0 Å². The number of hydrogen-bond acceptors (Lipinski definition) is 4. The molecular weight excluding hydrogens is 260 g/mol. The van der Waals surface area contributed by atoms with E-state index in [0.29, 0.717) is 5.69 Å². The van der Waals surface area contributed by atoms with Gasteiger partial charge in [-0.15, -0.1) is 0 Å². The summed E-state index contributed by atoms with van der Waals surface area (Å²) in [5.41, 5.74) is 0.938. The number of carboxylic acids is 1. The highest BCUT2D eigenvalue weighted by atomic mass is 16.4. The van der Waals surface area contributed by atoms with Gasteiger partial charge in [0.2, 0.25) is 5.91 Å². The number of amides is 1. The van der Waals surface area contributed by atoms with E-state index < -0.39 is 5.97 Å². The molecule has 0 bridgehead atoms. The van der Waals surface area contributed by atoms with Gasteiger partial charge in [0.25, 0.3) is 0 Å². The van der Waals surface area contributed by atoms with Gasteiger partial charge in [-0.05, 0) is 29.8 Å². The van der Waals surface area contributed by atoms with E-state index >= 15 is 0 Å². The number of benzene rings is 1. The largest absolute Gasteiger partial charge is 0.507 e. The topological polar surface area (TPSA) is 99.5 Å². The number of pyridine rings is 1. The molecule has 0 unspecified atom stereocenters. The molecule has 0 aliphatic rings. The van der Waals surface area contributed by atoms with E-state index in [1.807, 2.05) is 0 Å². The number of nitrogens with zero attached hydrogens (tertiary/aromatic N) is 1. The van der Waals surface area contributed by atoms with E-state index in [2.05, 4.69) is 10.3 Å². The Hall–Kier alpha value is -2.89. The summed E-state index contributed by atoms with van der Waals surface area (Å²) in [6.45, 7) is 0. The molecule has 1 amide bonds. The van der Waals surface area contributed by atoms with E-state index in [0.717, 1.165) is 5.56 Å². The van der Waals surface area contributed by atoms with Gasteiger partial charge in [-0.1, -0.05) is 0 Å². The molecule has 6 nitrogen and oxygen atoms in total. The minimum Gasteiger partial charge on any atom is -0.507 e. The van der Waals surface area contributed by atoms with Crippen LogP contribution in [-0.4, -0.2) is 27.1 Å². The maximum atomic E-state index is 11.8. The first-order chi connectivity index (χ1) is 9.56. The van der Waals surface area contributed by atoms with E-state index in [4.69, 9.17) is 5.11 Å². The average molecular weight is 272 g/mol. The predicted molar refractivity (Wildman–Crippen MR) is 71.6 cm³/mol. The van der Waals surface area contributed by atoms with Crippen molar-refractivity contribution in [2.24, 2.45) is 0 Å². The number of carboxylic acid groups (broad SMARTS) is 1. The number of anilines is 1. The van der Waals surface area contributed by atoms with Crippen molar-refractivity contribution in [2.45, 2.75) is 6.42 Å². The van der Waals surface area contributed by atoms with Crippen LogP contribution in [0.5, 0.6) is 5.75 Å². The van der Waals surface area contributed by atoms with Gasteiger partial charge in [0.1, 0.15) is 11.3 Å². The number of rotatable bonds is 4. The Morgan fingerprint density at radius 1 is 1.15 bits per heavy atom. The van der Waals surface area contributed by atoms with Crippen molar-refractivity contribution in [2.75, 3.05) is 5.32 Å². The monoisotopic (exact) mass is 272 g/mol. The van der Waals surface area contributed by atoms with Gasteiger partial charge in [-0.25, -0.2) is 4.79 Å². The van der Waals surface area contributed by atoms with Gasteiger partial charge >= 0.3 is 5.97 Å². The summed E-state index contributed by atoms with van der Waals surface area (Å²) >= 11 is 0. The van der Waals surface area contributed by atoms with Gasteiger partial charge in [-0.3, -0.25) is 9.78 Å². The molecule has 20 heavy (non-hydrogen) atoms. The fourth-order valence-electron chi connectivity index (χ4n) is 1.68. The summed E-state index contributed by atoms with van der Waals surface area (Å²) in [5, 5.41) is 20.9. The maximum absolute atomic E-state index is 11.8. The second-order valence-electron chi connectivity index (χ2n) is 4.12. The average Bonchev–Trinajstić information content (AvgIpc) is 2.39. The third-order valence-corrected chi connectivity index (χ3v) is 2.63. The first kappa shape index (κ1) is 13.5. The van der Waals surface area contributed by atoms with Crippen LogP contribution in [0.4, 0.5) is 5.69 Å². The summed E-state index contributed by atoms with van der Waals surface area (Å²) < 4.78 is 0.